The summed E-state index contributed by atoms with van der Waals surface area (Å²) in [6.45, 7) is 2.77. The predicted octanol–water partition coefficient (Wildman–Crippen LogP) is 3.95. The predicted molar refractivity (Wildman–Crippen MR) is 94.1 cm³/mol. The van der Waals surface area contributed by atoms with Crippen LogP contribution in [0.2, 0.25) is 0 Å². The third-order valence-electron chi connectivity index (χ3n) is 2.94. The molecule has 1 saturated heterocycles. The monoisotopic (exact) mass is 323 g/mol. The number of benzene rings is 1. The van der Waals surface area contributed by atoms with Gasteiger partial charge in [-0.2, -0.15) is 11.8 Å². The summed E-state index contributed by atoms with van der Waals surface area (Å²) in [5.74, 6) is 1.09. The smallest absolute Gasteiger partial charge is 0.266 e. The van der Waals surface area contributed by atoms with Gasteiger partial charge in [-0.25, -0.2) is 0 Å². The van der Waals surface area contributed by atoms with Gasteiger partial charge in [-0.05, 0) is 37.0 Å². The lowest BCUT2D eigenvalue weighted by atomic mass is 10.1. The molecule has 1 aromatic carbocycles. The normalized spacial score (nSPS) is 17.3. The van der Waals surface area contributed by atoms with E-state index in [0.29, 0.717) is 4.32 Å². The van der Waals surface area contributed by atoms with E-state index in [-0.39, 0.29) is 5.91 Å². The fraction of sp³-hybridized carbons (Fsp3) is 0.333. The average Bonchev–Trinajstić information content (AvgIpc) is 2.66. The summed E-state index contributed by atoms with van der Waals surface area (Å²) < 4.78 is 0.676. The van der Waals surface area contributed by atoms with Crippen LogP contribution in [0.5, 0.6) is 0 Å². The van der Waals surface area contributed by atoms with E-state index < -0.39 is 0 Å². The Morgan fingerprint density at radius 2 is 2.25 bits per heavy atom. The largest absolute Gasteiger partial charge is 0.293 e. The molecule has 1 aliphatic heterocycles. The summed E-state index contributed by atoms with van der Waals surface area (Å²) in [7, 11) is 0. The highest BCUT2D eigenvalue weighted by molar-refractivity contribution is 8.26. The molecular formula is C15H17NOS3. The van der Waals surface area contributed by atoms with E-state index in [0.717, 1.165) is 29.2 Å². The zero-order valence-electron chi connectivity index (χ0n) is 11.6. The highest BCUT2D eigenvalue weighted by Crippen LogP contribution is 2.32. The summed E-state index contributed by atoms with van der Waals surface area (Å²) >= 11 is 8.50. The Labute approximate surface area is 134 Å². The lowest BCUT2D eigenvalue weighted by Crippen LogP contribution is -2.29. The topological polar surface area (TPSA) is 20.3 Å². The molecule has 0 spiro atoms. The molecule has 0 aliphatic carbocycles. The van der Waals surface area contributed by atoms with Gasteiger partial charge in [-0.15, -0.1) is 0 Å². The number of amides is 1. The van der Waals surface area contributed by atoms with Crippen molar-refractivity contribution in [2.75, 3.05) is 18.6 Å². The lowest BCUT2D eigenvalue weighted by Gasteiger charge is -2.13. The first kappa shape index (κ1) is 15.6. The number of rotatable bonds is 5. The molecule has 5 heteroatoms. The van der Waals surface area contributed by atoms with Gasteiger partial charge in [0.1, 0.15) is 4.32 Å². The van der Waals surface area contributed by atoms with Crippen molar-refractivity contribution in [1.82, 2.24) is 4.90 Å². The molecule has 0 N–H and O–H groups in total. The first-order chi connectivity index (χ1) is 9.61. The summed E-state index contributed by atoms with van der Waals surface area (Å²) in [6.07, 6.45) is 4.98. The third kappa shape index (κ3) is 3.87. The maximum Gasteiger partial charge on any atom is 0.266 e. The average molecular weight is 324 g/mol. The fourth-order valence-corrected chi connectivity index (χ4v) is 3.70. The van der Waals surface area contributed by atoms with Crippen LogP contribution >= 0.6 is 35.7 Å². The number of aryl methyl sites for hydroxylation is 1. The van der Waals surface area contributed by atoms with Crippen LogP contribution in [0.4, 0.5) is 0 Å². The molecule has 0 atom stereocenters. The van der Waals surface area contributed by atoms with Crippen molar-refractivity contribution in [3.05, 3.63) is 40.3 Å². The van der Waals surface area contributed by atoms with Crippen LogP contribution in [0.3, 0.4) is 0 Å². The minimum atomic E-state index is 0.0441. The lowest BCUT2D eigenvalue weighted by molar-refractivity contribution is -0.122. The molecule has 1 aromatic rings. The van der Waals surface area contributed by atoms with Gasteiger partial charge in [0, 0.05) is 6.54 Å². The van der Waals surface area contributed by atoms with Crippen LogP contribution < -0.4 is 0 Å². The van der Waals surface area contributed by atoms with Crippen LogP contribution in [-0.2, 0) is 4.79 Å². The van der Waals surface area contributed by atoms with Crippen molar-refractivity contribution in [1.29, 1.82) is 0 Å². The Morgan fingerprint density at radius 3 is 2.95 bits per heavy atom. The number of thioether (sulfide) groups is 2. The second kappa shape index (κ2) is 7.29. The molecule has 0 saturated carbocycles. The number of thiocarbonyl (C=S) groups is 1. The Bertz CT molecular complexity index is 554. The Balaban J connectivity index is 2.11. The van der Waals surface area contributed by atoms with E-state index in [9.17, 15) is 4.79 Å². The van der Waals surface area contributed by atoms with Gasteiger partial charge in [0.2, 0.25) is 0 Å². The molecule has 106 valence electrons. The first-order valence-corrected chi connectivity index (χ1v) is 9.04. The Hall–Kier alpha value is -0.780. The van der Waals surface area contributed by atoms with Crippen molar-refractivity contribution < 1.29 is 4.79 Å². The number of hydrogen-bond donors (Lipinski definition) is 0. The van der Waals surface area contributed by atoms with E-state index in [1.54, 1.807) is 16.7 Å². The molecule has 1 fully saturated rings. The molecular weight excluding hydrogens is 306 g/mol. The van der Waals surface area contributed by atoms with Gasteiger partial charge in [-0.1, -0.05) is 53.8 Å². The van der Waals surface area contributed by atoms with E-state index in [1.165, 1.54) is 17.3 Å². The van der Waals surface area contributed by atoms with Gasteiger partial charge < -0.3 is 0 Å². The Kier molecular flexibility index (Phi) is 5.69. The van der Waals surface area contributed by atoms with Crippen molar-refractivity contribution >= 4 is 52.0 Å². The summed E-state index contributed by atoms with van der Waals surface area (Å²) in [5, 5.41) is 0. The molecule has 1 amide bonds. The third-order valence-corrected chi connectivity index (χ3v) is 5.02. The second-order valence-corrected chi connectivity index (χ2v) is 7.26. The summed E-state index contributed by atoms with van der Waals surface area (Å²) in [4.78, 5) is 14.8. The molecule has 1 heterocycles. The Morgan fingerprint density at radius 1 is 1.45 bits per heavy atom. The zero-order chi connectivity index (χ0) is 14.5. The minimum absolute atomic E-state index is 0.0441. The molecule has 0 bridgehead atoms. The molecule has 0 radical (unpaired) electrons. The zero-order valence-corrected chi connectivity index (χ0v) is 14.0. The van der Waals surface area contributed by atoms with Crippen LogP contribution in [0.25, 0.3) is 6.08 Å². The van der Waals surface area contributed by atoms with E-state index >= 15 is 0 Å². The van der Waals surface area contributed by atoms with E-state index in [4.69, 9.17) is 12.2 Å². The van der Waals surface area contributed by atoms with Crippen molar-refractivity contribution in [3.63, 3.8) is 0 Å². The number of nitrogens with zero attached hydrogens (tertiary/aromatic N) is 1. The number of carbonyl (C=O) groups excluding carboxylic acids is 1. The molecule has 0 aromatic heterocycles. The molecule has 2 rings (SSSR count). The number of carbonyl (C=O) groups is 1. The van der Waals surface area contributed by atoms with E-state index in [1.807, 2.05) is 31.2 Å². The highest BCUT2D eigenvalue weighted by atomic mass is 32.2. The van der Waals surface area contributed by atoms with Crippen LogP contribution in [0.1, 0.15) is 17.5 Å². The SMILES string of the molecule is CSCCCN1C(=O)/C(=C/c2cccc(C)c2)SC1=S. The van der Waals surface area contributed by atoms with Crippen molar-refractivity contribution in [2.24, 2.45) is 0 Å². The maximum atomic E-state index is 12.3. The van der Waals surface area contributed by atoms with Crippen LogP contribution in [-0.4, -0.2) is 33.7 Å². The van der Waals surface area contributed by atoms with Crippen molar-refractivity contribution in [2.45, 2.75) is 13.3 Å². The van der Waals surface area contributed by atoms with Gasteiger partial charge in [0.15, 0.2) is 0 Å². The summed E-state index contributed by atoms with van der Waals surface area (Å²) in [6, 6.07) is 8.12. The number of hydrogen-bond acceptors (Lipinski definition) is 4. The van der Waals surface area contributed by atoms with Gasteiger partial charge in [-0.3, -0.25) is 9.69 Å². The maximum absolute atomic E-state index is 12.3. The van der Waals surface area contributed by atoms with Crippen molar-refractivity contribution in [3.8, 4) is 0 Å². The van der Waals surface area contributed by atoms with Crippen LogP contribution in [0, 0.1) is 6.92 Å². The summed E-state index contributed by atoms with van der Waals surface area (Å²) in [5.41, 5.74) is 2.24. The standard InChI is InChI=1S/C15H17NOS3/c1-11-5-3-6-12(9-11)10-13-14(17)16(15(18)20-13)7-4-8-19-2/h3,5-6,9-10H,4,7-8H2,1-2H3/b13-10-. The molecule has 0 unspecified atom stereocenters. The van der Waals surface area contributed by atoms with Crippen LogP contribution in [0.15, 0.2) is 29.2 Å². The van der Waals surface area contributed by atoms with Gasteiger partial charge >= 0.3 is 0 Å². The fourth-order valence-electron chi connectivity index (χ4n) is 1.97. The first-order valence-electron chi connectivity index (χ1n) is 6.43. The molecule has 1 aliphatic rings. The second-order valence-electron chi connectivity index (χ2n) is 4.59. The minimum Gasteiger partial charge on any atom is -0.293 e. The van der Waals surface area contributed by atoms with Gasteiger partial charge in [0.25, 0.3) is 5.91 Å². The molecule has 20 heavy (non-hydrogen) atoms. The quantitative estimate of drug-likeness (QED) is 0.464. The van der Waals surface area contributed by atoms with E-state index in [2.05, 4.69) is 12.3 Å². The highest BCUT2D eigenvalue weighted by Gasteiger charge is 2.31. The molecule has 2 nitrogen and oxygen atoms in total. The van der Waals surface area contributed by atoms with Gasteiger partial charge in [0.05, 0.1) is 4.91 Å².